The Labute approximate surface area is 89.0 Å². The van der Waals surface area contributed by atoms with Crippen LogP contribution >= 0.6 is 0 Å². The number of rotatable bonds is 2. The van der Waals surface area contributed by atoms with Crippen molar-refractivity contribution in [1.82, 2.24) is 5.32 Å². The van der Waals surface area contributed by atoms with Gasteiger partial charge in [-0.2, -0.15) is 0 Å². The van der Waals surface area contributed by atoms with Gasteiger partial charge < -0.3 is 5.32 Å². The standard InChI is InChI=1S/C13H25N/c1-13(2,3)14-11-12-9-7-5-4-6-8-10-12/h9,14H,4-8,10-11H2,1-3H3. The summed E-state index contributed by atoms with van der Waals surface area (Å²) in [4.78, 5) is 0. The Morgan fingerprint density at radius 2 is 1.86 bits per heavy atom. The highest BCUT2D eigenvalue weighted by Gasteiger charge is 2.09. The van der Waals surface area contributed by atoms with Gasteiger partial charge in [-0.3, -0.25) is 0 Å². The average molecular weight is 195 g/mol. The van der Waals surface area contributed by atoms with E-state index < -0.39 is 0 Å². The van der Waals surface area contributed by atoms with Crippen LogP contribution in [-0.2, 0) is 0 Å². The third-order valence-electron chi connectivity index (χ3n) is 2.73. The minimum Gasteiger partial charge on any atom is -0.308 e. The van der Waals surface area contributed by atoms with E-state index in [1.165, 1.54) is 38.5 Å². The molecule has 0 unspecified atom stereocenters. The molecule has 1 rings (SSSR count). The second-order valence-electron chi connectivity index (χ2n) is 5.42. The van der Waals surface area contributed by atoms with Crippen molar-refractivity contribution in [3.63, 3.8) is 0 Å². The zero-order valence-corrected chi connectivity index (χ0v) is 10.0. The lowest BCUT2D eigenvalue weighted by Gasteiger charge is -2.22. The van der Waals surface area contributed by atoms with Gasteiger partial charge in [0.05, 0.1) is 0 Å². The van der Waals surface area contributed by atoms with E-state index in [9.17, 15) is 0 Å². The molecule has 0 aliphatic heterocycles. The van der Waals surface area contributed by atoms with Gasteiger partial charge in [0.2, 0.25) is 0 Å². The van der Waals surface area contributed by atoms with E-state index >= 15 is 0 Å². The fourth-order valence-electron chi connectivity index (χ4n) is 1.80. The first-order valence-corrected chi connectivity index (χ1v) is 6.01. The molecule has 1 N–H and O–H groups in total. The van der Waals surface area contributed by atoms with Gasteiger partial charge in [-0.05, 0) is 46.5 Å². The second kappa shape index (κ2) is 5.55. The minimum atomic E-state index is 0.253. The fraction of sp³-hybridized carbons (Fsp3) is 0.846. The molecule has 0 radical (unpaired) electrons. The lowest BCUT2D eigenvalue weighted by Crippen LogP contribution is -2.37. The van der Waals surface area contributed by atoms with E-state index in [1.54, 1.807) is 5.57 Å². The third kappa shape index (κ3) is 5.43. The Morgan fingerprint density at radius 1 is 1.14 bits per heavy atom. The molecule has 82 valence electrons. The first kappa shape index (κ1) is 11.8. The molecule has 1 aliphatic carbocycles. The van der Waals surface area contributed by atoms with E-state index in [2.05, 4.69) is 32.2 Å². The Balaban J connectivity index is 2.33. The summed E-state index contributed by atoms with van der Waals surface area (Å²) in [6.07, 6.45) is 10.7. The van der Waals surface area contributed by atoms with Crippen LogP contribution in [0.5, 0.6) is 0 Å². The van der Waals surface area contributed by atoms with E-state index in [0.717, 1.165) is 6.54 Å². The average Bonchev–Trinajstić information content (AvgIpc) is 2.00. The summed E-state index contributed by atoms with van der Waals surface area (Å²) in [5.41, 5.74) is 1.88. The van der Waals surface area contributed by atoms with Gasteiger partial charge >= 0.3 is 0 Å². The van der Waals surface area contributed by atoms with Crippen LogP contribution in [0.15, 0.2) is 11.6 Å². The summed E-state index contributed by atoms with van der Waals surface area (Å²) >= 11 is 0. The Hall–Kier alpha value is -0.300. The van der Waals surface area contributed by atoms with E-state index in [-0.39, 0.29) is 5.54 Å². The van der Waals surface area contributed by atoms with Crippen molar-refractivity contribution in [2.75, 3.05) is 6.54 Å². The van der Waals surface area contributed by atoms with E-state index in [1.807, 2.05) is 0 Å². The minimum absolute atomic E-state index is 0.253. The normalized spacial score (nSPS) is 19.8. The van der Waals surface area contributed by atoms with Gasteiger partial charge in [0.1, 0.15) is 0 Å². The Morgan fingerprint density at radius 3 is 2.57 bits per heavy atom. The van der Waals surface area contributed by atoms with Gasteiger partial charge in [-0.25, -0.2) is 0 Å². The largest absolute Gasteiger partial charge is 0.308 e. The molecular weight excluding hydrogens is 170 g/mol. The molecule has 0 aromatic heterocycles. The number of allylic oxidation sites excluding steroid dienone is 1. The van der Waals surface area contributed by atoms with Crippen LogP contribution in [0.2, 0.25) is 0 Å². The molecule has 0 saturated heterocycles. The SMILES string of the molecule is CC(C)(C)NCC1=CCCCCCC1. The molecule has 0 bridgehead atoms. The second-order valence-corrected chi connectivity index (χ2v) is 5.42. The number of nitrogens with one attached hydrogen (secondary N) is 1. The maximum Gasteiger partial charge on any atom is 0.0169 e. The van der Waals surface area contributed by atoms with Crippen LogP contribution in [0, 0.1) is 0 Å². The summed E-state index contributed by atoms with van der Waals surface area (Å²) in [5, 5.41) is 3.57. The van der Waals surface area contributed by atoms with Gasteiger partial charge in [0.15, 0.2) is 0 Å². The Bertz CT molecular complexity index is 186. The maximum absolute atomic E-state index is 3.57. The number of hydrogen-bond acceptors (Lipinski definition) is 1. The predicted octanol–water partition coefficient (Wildman–Crippen LogP) is 3.66. The molecule has 1 nitrogen and oxygen atoms in total. The topological polar surface area (TPSA) is 12.0 Å². The maximum atomic E-state index is 3.57. The highest BCUT2D eigenvalue weighted by atomic mass is 14.9. The smallest absolute Gasteiger partial charge is 0.0169 e. The zero-order chi connectivity index (χ0) is 10.4. The highest BCUT2D eigenvalue weighted by Crippen LogP contribution is 2.16. The molecule has 0 aromatic rings. The highest BCUT2D eigenvalue weighted by molar-refractivity contribution is 5.05. The molecule has 1 heteroatoms. The lowest BCUT2D eigenvalue weighted by molar-refractivity contribution is 0.439. The van der Waals surface area contributed by atoms with Crippen LogP contribution in [0.3, 0.4) is 0 Å². The van der Waals surface area contributed by atoms with Gasteiger partial charge in [0, 0.05) is 12.1 Å². The Kier molecular flexibility index (Phi) is 4.67. The third-order valence-corrected chi connectivity index (χ3v) is 2.73. The summed E-state index contributed by atoms with van der Waals surface area (Å²) < 4.78 is 0. The van der Waals surface area contributed by atoms with Gasteiger partial charge in [0.25, 0.3) is 0 Å². The summed E-state index contributed by atoms with van der Waals surface area (Å²) in [6.45, 7) is 7.78. The monoisotopic (exact) mass is 195 g/mol. The van der Waals surface area contributed by atoms with Crippen LogP contribution < -0.4 is 5.32 Å². The molecule has 0 fully saturated rings. The molecule has 0 atom stereocenters. The van der Waals surface area contributed by atoms with Crippen LogP contribution in [0.25, 0.3) is 0 Å². The summed E-state index contributed by atoms with van der Waals surface area (Å²) in [6, 6.07) is 0. The first-order valence-electron chi connectivity index (χ1n) is 6.01. The molecule has 0 aromatic carbocycles. The zero-order valence-electron chi connectivity index (χ0n) is 10.0. The predicted molar refractivity (Wildman–Crippen MR) is 63.5 cm³/mol. The first-order chi connectivity index (χ1) is 6.58. The van der Waals surface area contributed by atoms with Crippen molar-refractivity contribution in [3.8, 4) is 0 Å². The number of hydrogen-bond donors (Lipinski definition) is 1. The van der Waals surface area contributed by atoms with Crippen molar-refractivity contribution < 1.29 is 0 Å². The summed E-state index contributed by atoms with van der Waals surface area (Å²) in [5.74, 6) is 0. The molecule has 1 aliphatic rings. The lowest BCUT2D eigenvalue weighted by atomic mass is 9.99. The van der Waals surface area contributed by atoms with Gasteiger partial charge in [-0.15, -0.1) is 0 Å². The van der Waals surface area contributed by atoms with Gasteiger partial charge in [-0.1, -0.05) is 24.5 Å². The van der Waals surface area contributed by atoms with Crippen molar-refractivity contribution in [2.45, 2.75) is 64.8 Å². The van der Waals surface area contributed by atoms with E-state index in [0.29, 0.717) is 0 Å². The molecule has 0 amide bonds. The molecular formula is C13H25N. The van der Waals surface area contributed by atoms with Crippen LogP contribution in [0.1, 0.15) is 59.3 Å². The van der Waals surface area contributed by atoms with Crippen LogP contribution in [-0.4, -0.2) is 12.1 Å². The van der Waals surface area contributed by atoms with Crippen molar-refractivity contribution in [3.05, 3.63) is 11.6 Å². The van der Waals surface area contributed by atoms with E-state index in [4.69, 9.17) is 0 Å². The quantitative estimate of drug-likeness (QED) is 0.663. The molecule has 0 heterocycles. The molecule has 0 spiro atoms. The molecule has 0 saturated carbocycles. The fourth-order valence-corrected chi connectivity index (χ4v) is 1.80. The molecule has 14 heavy (non-hydrogen) atoms. The van der Waals surface area contributed by atoms with Crippen molar-refractivity contribution >= 4 is 0 Å². The van der Waals surface area contributed by atoms with Crippen molar-refractivity contribution in [1.29, 1.82) is 0 Å². The summed E-state index contributed by atoms with van der Waals surface area (Å²) in [7, 11) is 0. The van der Waals surface area contributed by atoms with Crippen molar-refractivity contribution in [2.24, 2.45) is 0 Å². The van der Waals surface area contributed by atoms with Crippen LogP contribution in [0.4, 0.5) is 0 Å².